The van der Waals surface area contributed by atoms with Gasteiger partial charge >= 0.3 is 0 Å². The average molecular weight is 352 g/mol. The van der Waals surface area contributed by atoms with Gasteiger partial charge in [-0.25, -0.2) is 16.8 Å². The summed E-state index contributed by atoms with van der Waals surface area (Å²) in [6, 6.07) is 4.98. The quantitative estimate of drug-likeness (QED) is 0.781. The molecule has 8 heteroatoms. The first-order chi connectivity index (χ1) is 9.67. The third-order valence-electron chi connectivity index (χ3n) is 3.86. The van der Waals surface area contributed by atoms with Gasteiger partial charge in [-0.15, -0.1) is 0 Å². The Bertz CT molecular complexity index is 713. The molecule has 0 N–H and O–H groups in total. The normalized spacial score (nSPS) is 24.3. The van der Waals surface area contributed by atoms with Gasteiger partial charge in [0, 0.05) is 22.8 Å². The van der Waals surface area contributed by atoms with Crippen LogP contribution in [-0.2, 0) is 19.1 Å². The fourth-order valence-electron chi connectivity index (χ4n) is 2.76. The Morgan fingerprint density at radius 3 is 2.10 bits per heavy atom. The lowest BCUT2D eigenvalue weighted by Crippen LogP contribution is -2.39. The summed E-state index contributed by atoms with van der Waals surface area (Å²) in [6.45, 7) is 3.86. The Morgan fingerprint density at radius 1 is 1.10 bits per heavy atom. The zero-order chi connectivity index (χ0) is 15.8. The van der Waals surface area contributed by atoms with Gasteiger partial charge in [0.2, 0.25) is 10.0 Å². The van der Waals surface area contributed by atoms with Gasteiger partial charge in [0.1, 0.15) is 0 Å². The van der Waals surface area contributed by atoms with Crippen molar-refractivity contribution in [2.75, 3.05) is 0 Å². The van der Waals surface area contributed by atoms with Crippen LogP contribution in [-0.4, -0.2) is 33.2 Å². The monoisotopic (exact) mass is 351 g/mol. The number of sulfonamides is 1. The second kappa shape index (κ2) is 5.87. The van der Waals surface area contributed by atoms with E-state index in [1.54, 1.807) is 0 Å². The number of benzene rings is 1. The molecule has 1 aromatic rings. The van der Waals surface area contributed by atoms with Gasteiger partial charge in [0.05, 0.1) is 9.79 Å². The Balaban J connectivity index is 2.40. The smallest absolute Gasteiger partial charge is 0.207 e. The molecule has 1 aromatic carbocycles. The second-order valence-corrected chi connectivity index (χ2v) is 9.64. The molecule has 0 amide bonds. The highest BCUT2D eigenvalue weighted by molar-refractivity contribution is 8.13. The lowest BCUT2D eigenvalue weighted by atomic mass is 10.2. The Morgan fingerprint density at radius 2 is 1.62 bits per heavy atom. The van der Waals surface area contributed by atoms with Crippen molar-refractivity contribution in [1.82, 2.24) is 4.31 Å². The van der Waals surface area contributed by atoms with Crippen LogP contribution in [0, 0.1) is 0 Å². The fourth-order valence-corrected chi connectivity index (χ4v) is 5.48. The van der Waals surface area contributed by atoms with Crippen molar-refractivity contribution < 1.29 is 16.8 Å². The number of nitrogens with zero attached hydrogens (tertiary/aromatic N) is 1. The molecule has 2 unspecified atom stereocenters. The first-order valence-corrected chi connectivity index (χ1v) is 10.5. The molecule has 5 nitrogen and oxygen atoms in total. The van der Waals surface area contributed by atoms with Crippen LogP contribution in [0.4, 0.5) is 0 Å². The van der Waals surface area contributed by atoms with Crippen LogP contribution in [0.3, 0.4) is 0 Å². The van der Waals surface area contributed by atoms with Crippen LogP contribution < -0.4 is 0 Å². The zero-order valence-corrected chi connectivity index (χ0v) is 14.2. The first kappa shape index (κ1) is 16.7. The molecule has 118 valence electrons. The van der Waals surface area contributed by atoms with Crippen LogP contribution in [0.1, 0.15) is 33.1 Å². The summed E-state index contributed by atoms with van der Waals surface area (Å²) >= 11 is 0. The van der Waals surface area contributed by atoms with E-state index >= 15 is 0 Å². The van der Waals surface area contributed by atoms with Crippen LogP contribution in [0.2, 0.25) is 0 Å². The van der Waals surface area contributed by atoms with Crippen molar-refractivity contribution in [1.29, 1.82) is 0 Å². The Hall–Kier alpha value is -0.630. The average Bonchev–Trinajstić information content (AvgIpc) is 2.79. The predicted molar refractivity (Wildman–Crippen MR) is 81.3 cm³/mol. The molecule has 1 saturated heterocycles. The van der Waals surface area contributed by atoms with Crippen LogP contribution in [0.15, 0.2) is 34.1 Å². The van der Waals surface area contributed by atoms with E-state index in [4.69, 9.17) is 10.7 Å². The Kier molecular flexibility index (Phi) is 4.68. The van der Waals surface area contributed by atoms with Crippen molar-refractivity contribution in [3.8, 4) is 0 Å². The minimum Gasteiger partial charge on any atom is -0.207 e. The van der Waals surface area contributed by atoms with Gasteiger partial charge in [0.15, 0.2) is 0 Å². The minimum absolute atomic E-state index is 0.00133. The number of hydrogen-bond acceptors (Lipinski definition) is 4. The van der Waals surface area contributed by atoms with Gasteiger partial charge in [0.25, 0.3) is 9.05 Å². The van der Waals surface area contributed by atoms with Crippen molar-refractivity contribution >= 4 is 29.8 Å². The summed E-state index contributed by atoms with van der Waals surface area (Å²) in [6.07, 6.45) is 2.45. The summed E-state index contributed by atoms with van der Waals surface area (Å²) in [5.74, 6) is 0. The number of halogens is 1. The highest BCUT2D eigenvalue weighted by atomic mass is 35.7. The standard InChI is InChI=1S/C13H18ClNO4S2/c1-3-11-5-4-10(2)15(11)21(18,19)13-8-6-12(7-9-13)20(14,16)17/h6-11H,3-5H2,1-2H3. The van der Waals surface area contributed by atoms with E-state index in [9.17, 15) is 16.8 Å². The number of rotatable bonds is 4. The molecule has 1 fully saturated rings. The van der Waals surface area contributed by atoms with Crippen LogP contribution >= 0.6 is 10.7 Å². The van der Waals surface area contributed by atoms with Crippen molar-refractivity contribution in [3.63, 3.8) is 0 Å². The zero-order valence-electron chi connectivity index (χ0n) is 11.9. The van der Waals surface area contributed by atoms with E-state index in [2.05, 4.69) is 0 Å². The van der Waals surface area contributed by atoms with E-state index in [1.165, 1.54) is 28.6 Å². The third-order valence-corrected chi connectivity index (χ3v) is 7.31. The maximum absolute atomic E-state index is 12.7. The first-order valence-electron chi connectivity index (χ1n) is 6.76. The molecule has 1 aliphatic heterocycles. The topological polar surface area (TPSA) is 71.5 Å². The molecule has 1 heterocycles. The van der Waals surface area contributed by atoms with E-state index in [1.807, 2.05) is 13.8 Å². The SMILES string of the molecule is CCC1CCC(C)N1S(=O)(=O)c1ccc(S(=O)(=O)Cl)cc1. The maximum atomic E-state index is 12.7. The second-order valence-electron chi connectivity index (χ2n) is 5.23. The minimum atomic E-state index is -3.85. The molecule has 0 aliphatic carbocycles. The van der Waals surface area contributed by atoms with Gasteiger partial charge < -0.3 is 0 Å². The van der Waals surface area contributed by atoms with Crippen LogP contribution in [0.25, 0.3) is 0 Å². The molecular formula is C13H18ClNO4S2. The van der Waals surface area contributed by atoms with Gasteiger partial charge in [-0.3, -0.25) is 0 Å². The molecule has 21 heavy (non-hydrogen) atoms. The predicted octanol–water partition coefficient (Wildman–Crippen LogP) is 2.57. The molecule has 0 aromatic heterocycles. The van der Waals surface area contributed by atoms with Gasteiger partial charge in [-0.1, -0.05) is 6.92 Å². The highest BCUT2D eigenvalue weighted by Gasteiger charge is 2.39. The largest absolute Gasteiger partial charge is 0.261 e. The van der Waals surface area contributed by atoms with Crippen molar-refractivity contribution in [2.45, 2.75) is 55.0 Å². The molecular weight excluding hydrogens is 334 g/mol. The molecule has 2 atom stereocenters. The summed E-state index contributed by atoms with van der Waals surface area (Å²) < 4.78 is 49.4. The highest BCUT2D eigenvalue weighted by Crippen LogP contribution is 2.32. The molecule has 0 bridgehead atoms. The molecule has 2 rings (SSSR count). The van der Waals surface area contributed by atoms with Crippen molar-refractivity contribution in [2.24, 2.45) is 0 Å². The fraction of sp³-hybridized carbons (Fsp3) is 0.538. The number of hydrogen-bond donors (Lipinski definition) is 0. The van der Waals surface area contributed by atoms with Crippen LogP contribution in [0.5, 0.6) is 0 Å². The van der Waals surface area contributed by atoms with Gasteiger partial charge in [-0.05, 0) is 50.5 Å². The lowest BCUT2D eigenvalue weighted by molar-refractivity contribution is 0.328. The van der Waals surface area contributed by atoms with E-state index in [-0.39, 0.29) is 21.9 Å². The molecule has 1 aliphatic rings. The summed E-state index contributed by atoms with van der Waals surface area (Å²) in [7, 11) is -2.23. The van der Waals surface area contributed by atoms with E-state index < -0.39 is 19.1 Å². The molecule has 0 saturated carbocycles. The van der Waals surface area contributed by atoms with Gasteiger partial charge in [-0.2, -0.15) is 4.31 Å². The van der Waals surface area contributed by atoms with Crippen molar-refractivity contribution in [3.05, 3.63) is 24.3 Å². The molecule has 0 radical (unpaired) electrons. The lowest BCUT2D eigenvalue weighted by Gasteiger charge is -2.27. The van der Waals surface area contributed by atoms with E-state index in [0.717, 1.165) is 19.3 Å². The Labute approximate surface area is 130 Å². The summed E-state index contributed by atoms with van der Waals surface area (Å²) in [4.78, 5) is -0.0107. The summed E-state index contributed by atoms with van der Waals surface area (Å²) in [5.41, 5.74) is 0. The van der Waals surface area contributed by atoms with E-state index in [0.29, 0.717) is 0 Å². The molecule has 0 spiro atoms. The third kappa shape index (κ3) is 3.26. The maximum Gasteiger partial charge on any atom is 0.261 e. The summed E-state index contributed by atoms with van der Waals surface area (Å²) in [5, 5.41) is 0.